The molecule has 66 valence electrons. The van der Waals surface area contributed by atoms with E-state index in [1.807, 2.05) is 31.3 Å². The summed E-state index contributed by atoms with van der Waals surface area (Å²) < 4.78 is 0. The highest BCUT2D eigenvalue weighted by Gasteiger charge is 2.00. The van der Waals surface area contributed by atoms with Crippen LogP contribution < -0.4 is 5.32 Å². The quantitative estimate of drug-likeness (QED) is 0.711. The van der Waals surface area contributed by atoms with Gasteiger partial charge in [-0.15, -0.1) is 10.2 Å². The fourth-order valence-electron chi connectivity index (χ4n) is 1.07. The smallest absolute Gasteiger partial charge is 0.204 e. The molecule has 0 unspecified atom stereocenters. The highest BCUT2D eigenvalue weighted by Crippen LogP contribution is 2.15. The van der Waals surface area contributed by atoms with Crippen LogP contribution in [0.3, 0.4) is 0 Å². The topological polar surface area (TPSA) is 66.5 Å². The number of aromatic nitrogens is 4. The maximum atomic E-state index is 3.87. The molecule has 2 rings (SSSR count). The molecule has 0 saturated carbocycles. The average Bonchev–Trinajstić information content (AvgIpc) is 2.71. The second-order valence-electron chi connectivity index (χ2n) is 2.56. The summed E-state index contributed by atoms with van der Waals surface area (Å²) in [6.45, 7) is 0. The Kier molecular flexibility index (Phi) is 1.91. The van der Waals surface area contributed by atoms with Gasteiger partial charge in [-0.1, -0.05) is 0 Å². The number of H-pyrrole nitrogens is 1. The first-order chi connectivity index (χ1) is 6.40. The van der Waals surface area contributed by atoms with E-state index in [0.717, 1.165) is 11.3 Å². The van der Waals surface area contributed by atoms with E-state index in [0.29, 0.717) is 5.82 Å². The SMILES string of the molecule is CNc1ccc(-c2nn[nH]n2)cc1. The lowest BCUT2D eigenvalue weighted by Gasteiger charge is -1.99. The fraction of sp³-hybridized carbons (Fsp3) is 0.125. The molecule has 0 atom stereocenters. The van der Waals surface area contributed by atoms with E-state index in [2.05, 4.69) is 25.9 Å². The number of aromatic amines is 1. The summed E-state index contributed by atoms with van der Waals surface area (Å²) in [5.74, 6) is 0.614. The van der Waals surface area contributed by atoms with Crippen molar-refractivity contribution in [1.82, 2.24) is 20.6 Å². The van der Waals surface area contributed by atoms with E-state index in [1.165, 1.54) is 0 Å². The molecule has 0 amide bonds. The lowest BCUT2D eigenvalue weighted by atomic mass is 10.2. The zero-order valence-electron chi connectivity index (χ0n) is 7.15. The maximum Gasteiger partial charge on any atom is 0.204 e. The Hall–Kier alpha value is -1.91. The molecule has 2 N–H and O–H groups in total. The number of nitrogens with one attached hydrogen (secondary N) is 2. The summed E-state index contributed by atoms with van der Waals surface area (Å²) in [5.41, 5.74) is 2.01. The zero-order valence-corrected chi connectivity index (χ0v) is 7.15. The van der Waals surface area contributed by atoms with Crippen molar-refractivity contribution in [2.45, 2.75) is 0 Å². The fourth-order valence-corrected chi connectivity index (χ4v) is 1.07. The second-order valence-corrected chi connectivity index (χ2v) is 2.56. The molecule has 2 aromatic rings. The van der Waals surface area contributed by atoms with Gasteiger partial charge in [0.15, 0.2) is 0 Å². The molecule has 0 aliphatic rings. The van der Waals surface area contributed by atoms with Gasteiger partial charge >= 0.3 is 0 Å². The van der Waals surface area contributed by atoms with Gasteiger partial charge in [-0.05, 0) is 29.5 Å². The highest BCUT2D eigenvalue weighted by atomic mass is 15.5. The summed E-state index contributed by atoms with van der Waals surface area (Å²) in [6.07, 6.45) is 0. The van der Waals surface area contributed by atoms with Crippen LogP contribution >= 0.6 is 0 Å². The Labute approximate surface area is 75.2 Å². The summed E-state index contributed by atoms with van der Waals surface area (Å²) in [5, 5.41) is 16.7. The minimum Gasteiger partial charge on any atom is -0.388 e. The average molecular weight is 175 g/mol. The van der Waals surface area contributed by atoms with Gasteiger partial charge in [0.25, 0.3) is 0 Å². The van der Waals surface area contributed by atoms with E-state index < -0.39 is 0 Å². The van der Waals surface area contributed by atoms with Crippen LogP contribution in [0.25, 0.3) is 11.4 Å². The molecule has 0 radical (unpaired) electrons. The van der Waals surface area contributed by atoms with Crippen LogP contribution in [-0.2, 0) is 0 Å². The third-order valence-electron chi connectivity index (χ3n) is 1.78. The first-order valence-electron chi connectivity index (χ1n) is 3.92. The maximum absolute atomic E-state index is 3.87. The van der Waals surface area contributed by atoms with E-state index in [1.54, 1.807) is 0 Å². The molecule has 0 aliphatic carbocycles. The van der Waals surface area contributed by atoms with Gasteiger partial charge in [-0.3, -0.25) is 0 Å². The number of hydrogen-bond donors (Lipinski definition) is 2. The van der Waals surface area contributed by atoms with Crippen LogP contribution in [0.5, 0.6) is 0 Å². The first-order valence-corrected chi connectivity index (χ1v) is 3.92. The van der Waals surface area contributed by atoms with Gasteiger partial charge in [0, 0.05) is 18.3 Å². The van der Waals surface area contributed by atoms with Crippen molar-refractivity contribution in [3.8, 4) is 11.4 Å². The number of rotatable bonds is 2. The van der Waals surface area contributed by atoms with Crippen molar-refractivity contribution in [2.24, 2.45) is 0 Å². The van der Waals surface area contributed by atoms with Crippen molar-refractivity contribution in [2.75, 3.05) is 12.4 Å². The van der Waals surface area contributed by atoms with Gasteiger partial charge in [-0.2, -0.15) is 5.21 Å². The molecule has 13 heavy (non-hydrogen) atoms. The predicted octanol–water partition coefficient (Wildman–Crippen LogP) is 0.908. The minimum atomic E-state index is 0.614. The zero-order chi connectivity index (χ0) is 9.10. The molecule has 1 aromatic carbocycles. The van der Waals surface area contributed by atoms with Gasteiger partial charge < -0.3 is 5.32 Å². The van der Waals surface area contributed by atoms with E-state index in [-0.39, 0.29) is 0 Å². The molecule has 0 fully saturated rings. The molecule has 5 nitrogen and oxygen atoms in total. The highest BCUT2D eigenvalue weighted by molar-refractivity contribution is 5.58. The third-order valence-corrected chi connectivity index (χ3v) is 1.78. The van der Waals surface area contributed by atoms with Gasteiger partial charge in [0.05, 0.1) is 0 Å². The molecular formula is C8H9N5. The normalized spacial score (nSPS) is 9.92. The lowest BCUT2D eigenvalue weighted by Crippen LogP contribution is -1.87. The number of nitrogens with zero attached hydrogens (tertiary/aromatic N) is 3. The molecule has 1 aromatic heterocycles. The summed E-state index contributed by atoms with van der Waals surface area (Å²) in [6, 6.07) is 7.81. The monoisotopic (exact) mass is 175 g/mol. The van der Waals surface area contributed by atoms with Crippen LogP contribution in [0.4, 0.5) is 5.69 Å². The Bertz CT molecular complexity index is 364. The molecule has 1 heterocycles. The van der Waals surface area contributed by atoms with Crippen molar-refractivity contribution < 1.29 is 0 Å². The summed E-state index contributed by atoms with van der Waals surface area (Å²) in [7, 11) is 1.88. The van der Waals surface area contributed by atoms with Crippen LogP contribution in [0, 0.1) is 0 Å². The van der Waals surface area contributed by atoms with Crippen molar-refractivity contribution in [1.29, 1.82) is 0 Å². The van der Waals surface area contributed by atoms with E-state index >= 15 is 0 Å². The van der Waals surface area contributed by atoms with Crippen LogP contribution in [0.15, 0.2) is 24.3 Å². The van der Waals surface area contributed by atoms with Crippen LogP contribution in [0.2, 0.25) is 0 Å². The molecule has 0 bridgehead atoms. The molecule has 0 saturated heterocycles. The molecule has 0 spiro atoms. The van der Waals surface area contributed by atoms with Crippen molar-refractivity contribution >= 4 is 5.69 Å². The Balaban J connectivity index is 2.33. The molecular weight excluding hydrogens is 166 g/mol. The van der Waals surface area contributed by atoms with Crippen molar-refractivity contribution in [3.63, 3.8) is 0 Å². The largest absolute Gasteiger partial charge is 0.388 e. The third kappa shape index (κ3) is 1.48. The Morgan fingerprint density at radius 2 is 2.00 bits per heavy atom. The van der Waals surface area contributed by atoms with Gasteiger partial charge in [0.2, 0.25) is 5.82 Å². The number of anilines is 1. The molecule has 5 heteroatoms. The first kappa shape index (κ1) is 7.72. The van der Waals surface area contributed by atoms with Gasteiger partial charge in [0.1, 0.15) is 0 Å². The Morgan fingerprint density at radius 1 is 1.23 bits per heavy atom. The number of hydrogen-bond acceptors (Lipinski definition) is 4. The minimum absolute atomic E-state index is 0.614. The van der Waals surface area contributed by atoms with Crippen molar-refractivity contribution in [3.05, 3.63) is 24.3 Å². The predicted molar refractivity (Wildman–Crippen MR) is 49.2 cm³/mol. The summed E-state index contributed by atoms with van der Waals surface area (Å²) >= 11 is 0. The van der Waals surface area contributed by atoms with E-state index in [9.17, 15) is 0 Å². The number of benzene rings is 1. The second kappa shape index (κ2) is 3.22. The Morgan fingerprint density at radius 3 is 2.54 bits per heavy atom. The lowest BCUT2D eigenvalue weighted by molar-refractivity contribution is 0.881. The standard InChI is InChI=1S/C8H9N5/c1-9-7-4-2-6(3-5-7)8-10-12-13-11-8/h2-5,9H,1H3,(H,10,11,12,13). The summed E-state index contributed by atoms with van der Waals surface area (Å²) in [4.78, 5) is 0. The molecule has 0 aliphatic heterocycles. The number of tetrazole rings is 1. The van der Waals surface area contributed by atoms with Crippen LogP contribution in [-0.4, -0.2) is 27.7 Å². The van der Waals surface area contributed by atoms with Gasteiger partial charge in [-0.25, -0.2) is 0 Å². The van der Waals surface area contributed by atoms with E-state index in [4.69, 9.17) is 0 Å². The van der Waals surface area contributed by atoms with Crippen LogP contribution in [0.1, 0.15) is 0 Å².